The summed E-state index contributed by atoms with van der Waals surface area (Å²) in [6.45, 7) is 4.89. The molecule has 0 amide bonds. The molecule has 1 fully saturated rings. The Kier molecular flexibility index (Phi) is 1.92. The van der Waals surface area contributed by atoms with Crippen LogP contribution in [0.1, 0.15) is 13.3 Å². The summed E-state index contributed by atoms with van der Waals surface area (Å²) in [4.78, 5) is 0. The van der Waals surface area contributed by atoms with Gasteiger partial charge in [0, 0.05) is 36.0 Å². The van der Waals surface area contributed by atoms with E-state index in [1.54, 1.807) is 0 Å². The minimum Gasteiger partial charge on any atom is -0.247 e. The summed E-state index contributed by atoms with van der Waals surface area (Å²) < 4.78 is 2.35. The van der Waals surface area contributed by atoms with E-state index in [9.17, 15) is 0 Å². The molecule has 1 aliphatic heterocycles. The van der Waals surface area contributed by atoms with E-state index in [0.29, 0.717) is 0 Å². The van der Waals surface area contributed by atoms with Gasteiger partial charge in [-0.05, 0) is 12.3 Å². The number of hydrogen-bond acceptors (Lipinski definition) is 1. The summed E-state index contributed by atoms with van der Waals surface area (Å²) in [5.74, 6) is 0.942. The lowest BCUT2D eigenvalue weighted by Gasteiger charge is -2.00. The van der Waals surface area contributed by atoms with Gasteiger partial charge in [0.1, 0.15) is 0 Å². The first-order chi connectivity index (χ1) is 3.29. The first kappa shape index (κ1) is 5.82. The van der Waals surface area contributed by atoms with Crippen molar-refractivity contribution in [3.05, 3.63) is 0 Å². The van der Waals surface area contributed by atoms with Crippen LogP contribution in [0.3, 0.4) is 0 Å². The zero-order chi connectivity index (χ0) is 5.28. The molecule has 1 rings (SSSR count). The highest BCUT2D eigenvalue weighted by atomic mass is 127. The van der Waals surface area contributed by atoms with Crippen LogP contribution in [0.15, 0.2) is 0 Å². The van der Waals surface area contributed by atoms with E-state index in [2.05, 4.69) is 32.9 Å². The molecule has 0 spiro atoms. The molecule has 1 unspecified atom stereocenters. The molecule has 0 aromatic carbocycles. The molecule has 1 aliphatic rings. The maximum Gasteiger partial charge on any atom is 0.0201 e. The van der Waals surface area contributed by atoms with Crippen molar-refractivity contribution in [1.29, 1.82) is 0 Å². The topological polar surface area (TPSA) is 3.24 Å². The molecule has 1 atom stereocenters. The summed E-state index contributed by atoms with van der Waals surface area (Å²) in [7, 11) is 0. The molecule has 1 heterocycles. The fourth-order valence-corrected chi connectivity index (χ4v) is 1.83. The monoisotopic (exact) mass is 211 g/mol. The van der Waals surface area contributed by atoms with E-state index < -0.39 is 0 Å². The average molecular weight is 211 g/mol. The molecule has 0 radical (unpaired) electrons. The van der Waals surface area contributed by atoms with E-state index in [4.69, 9.17) is 0 Å². The van der Waals surface area contributed by atoms with Gasteiger partial charge in [-0.3, -0.25) is 0 Å². The van der Waals surface area contributed by atoms with Crippen LogP contribution in [-0.4, -0.2) is 16.2 Å². The molecule has 0 saturated carbocycles. The second-order valence-electron chi connectivity index (χ2n) is 2.26. The van der Waals surface area contributed by atoms with Crippen LogP contribution in [0.4, 0.5) is 0 Å². The second kappa shape index (κ2) is 2.31. The van der Waals surface area contributed by atoms with Crippen molar-refractivity contribution in [1.82, 2.24) is 3.11 Å². The Morgan fingerprint density at radius 2 is 2.43 bits per heavy atom. The minimum absolute atomic E-state index is 0.942. The minimum atomic E-state index is 0.942. The molecule has 0 bridgehead atoms. The average Bonchev–Trinajstić information content (AvgIpc) is 1.87. The Labute approximate surface area is 58.6 Å². The smallest absolute Gasteiger partial charge is 0.0201 e. The van der Waals surface area contributed by atoms with Crippen molar-refractivity contribution >= 4 is 22.9 Å². The van der Waals surface area contributed by atoms with E-state index in [-0.39, 0.29) is 0 Å². The molecule has 2 heteroatoms. The van der Waals surface area contributed by atoms with Gasteiger partial charge in [0.2, 0.25) is 0 Å². The highest BCUT2D eigenvalue weighted by Gasteiger charge is 2.14. The number of halogens is 1. The van der Waals surface area contributed by atoms with Crippen LogP contribution in [-0.2, 0) is 0 Å². The normalized spacial score (nSPS) is 34.3. The molecule has 42 valence electrons. The van der Waals surface area contributed by atoms with Crippen molar-refractivity contribution in [2.45, 2.75) is 13.3 Å². The van der Waals surface area contributed by atoms with Crippen molar-refractivity contribution in [3.63, 3.8) is 0 Å². The maximum atomic E-state index is 2.38. The van der Waals surface area contributed by atoms with Crippen LogP contribution < -0.4 is 0 Å². The van der Waals surface area contributed by atoms with Gasteiger partial charge in [-0.1, -0.05) is 6.92 Å². The first-order valence-corrected chi connectivity index (χ1v) is 3.66. The summed E-state index contributed by atoms with van der Waals surface area (Å²) in [5, 5.41) is 0. The number of nitrogens with zero attached hydrogens (tertiary/aromatic N) is 1. The molecule has 0 N–H and O–H groups in total. The Bertz CT molecular complexity index is 57.1. The summed E-state index contributed by atoms with van der Waals surface area (Å²) in [6, 6.07) is 0. The van der Waals surface area contributed by atoms with Gasteiger partial charge in [0.15, 0.2) is 0 Å². The largest absolute Gasteiger partial charge is 0.247 e. The third kappa shape index (κ3) is 1.57. The summed E-state index contributed by atoms with van der Waals surface area (Å²) in [5.41, 5.74) is 0. The third-order valence-electron chi connectivity index (χ3n) is 1.37. The lowest BCUT2D eigenvalue weighted by Crippen LogP contribution is -2.04. The van der Waals surface area contributed by atoms with Gasteiger partial charge in [-0.15, -0.1) is 0 Å². The molecule has 1 saturated heterocycles. The predicted octanol–water partition coefficient (Wildman–Crippen LogP) is 1.68. The lowest BCUT2D eigenvalue weighted by molar-refractivity contribution is 0.584. The fourth-order valence-electron chi connectivity index (χ4n) is 0.881. The second-order valence-corrected chi connectivity index (χ2v) is 3.63. The Morgan fingerprint density at radius 1 is 1.71 bits per heavy atom. The fraction of sp³-hybridized carbons (Fsp3) is 1.00. The maximum absolute atomic E-state index is 2.38. The molecule has 0 aliphatic carbocycles. The Balaban J connectivity index is 2.26. The molecular weight excluding hydrogens is 201 g/mol. The van der Waals surface area contributed by atoms with E-state index in [0.717, 1.165) is 5.92 Å². The molecule has 7 heavy (non-hydrogen) atoms. The predicted molar refractivity (Wildman–Crippen MR) is 39.4 cm³/mol. The van der Waals surface area contributed by atoms with E-state index in [1.165, 1.54) is 19.5 Å². The SMILES string of the molecule is CC1CCN(I)C1. The first-order valence-electron chi connectivity index (χ1n) is 2.70. The van der Waals surface area contributed by atoms with Gasteiger partial charge in [-0.25, -0.2) is 3.11 Å². The van der Waals surface area contributed by atoms with Crippen LogP contribution in [0, 0.1) is 5.92 Å². The van der Waals surface area contributed by atoms with Gasteiger partial charge in [0.05, 0.1) is 0 Å². The van der Waals surface area contributed by atoms with E-state index >= 15 is 0 Å². The van der Waals surface area contributed by atoms with E-state index in [1.807, 2.05) is 0 Å². The molecule has 1 nitrogen and oxygen atoms in total. The number of hydrogen-bond donors (Lipinski definition) is 0. The quantitative estimate of drug-likeness (QED) is 0.435. The molecule has 0 aromatic heterocycles. The Hall–Kier alpha value is 0.690. The zero-order valence-corrected chi connectivity index (χ0v) is 6.68. The van der Waals surface area contributed by atoms with Crippen molar-refractivity contribution in [2.75, 3.05) is 13.1 Å². The highest BCUT2D eigenvalue weighted by molar-refractivity contribution is 14.1. The van der Waals surface area contributed by atoms with Crippen LogP contribution >= 0.6 is 22.9 Å². The van der Waals surface area contributed by atoms with Crippen molar-refractivity contribution in [3.8, 4) is 0 Å². The van der Waals surface area contributed by atoms with Crippen LogP contribution in [0.5, 0.6) is 0 Å². The van der Waals surface area contributed by atoms with Gasteiger partial charge < -0.3 is 0 Å². The van der Waals surface area contributed by atoms with Gasteiger partial charge >= 0.3 is 0 Å². The van der Waals surface area contributed by atoms with Gasteiger partial charge in [0.25, 0.3) is 0 Å². The lowest BCUT2D eigenvalue weighted by atomic mass is 10.2. The van der Waals surface area contributed by atoms with Crippen molar-refractivity contribution < 1.29 is 0 Å². The zero-order valence-electron chi connectivity index (χ0n) is 4.52. The Morgan fingerprint density at radius 3 is 2.57 bits per heavy atom. The number of rotatable bonds is 0. The van der Waals surface area contributed by atoms with Crippen molar-refractivity contribution in [2.24, 2.45) is 5.92 Å². The standard InChI is InChI=1S/C5H10IN/c1-5-2-3-7(6)4-5/h5H,2-4H2,1H3. The third-order valence-corrected chi connectivity index (χ3v) is 2.25. The van der Waals surface area contributed by atoms with Crippen LogP contribution in [0.2, 0.25) is 0 Å². The summed E-state index contributed by atoms with van der Waals surface area (Å²) in [6.07, 6.45) is 1.39. The molecular formula is C5H10IN. The summed E-state index contributed by atoms with van der Waals surface area (Å²) >= 11 is 2.38. The van der Waals surface area contributed by atoms with Gasteiger partial charge in [-0.2, -0.15) is 0 Å². The van der Waals surface area contributed by atoms with Crippen LogP contribution in [0.25, 0.3) is 0 Å². The molecule has 0 aromatic rings. The highest BCUT2D eigenvalue weighted by Crippen LogP contribution is 2.17.